The van der Waals surface area contributed by atoms with Gasteiger partial charge in [-0.2, -0.15) is 0 Å². The number of hydrogen-bond donors (Lipinski definition) is 0. The van der Waals surface area contributed by atoms with Crippen molar-refractivity contribution in [3.05, 3.63) is 59.7 Å². The van der Waals surface area contributed by atoms with E-state index in [9.17, 15) is 28.1 Å². The number of carbonyl (C=O) groups is 3. The van der Waals surface area contributed by atoms with Crippen LogP contribution >= 0.6 is 35.0 Å². The minimum absolute atomic E-state index is 0.0570. The third-order valence-electron chi connectivity index (χ3n) is 6.37. The van der Waals surface area contributed by atoms with Gasteiger partial charge in [0.25, 0.3) is 0 Å². The number of ether oxygens (including phenoxy) is 1. The number of pyridine rings is 1. The molecule has 20 heteroatoms. The minimum Gasteiger partial charge on any atom is -0.466 e. The van der Waals surface area contributed by atoms with E-state index in [2.05, 4.69) is 9.72 Å². The maximum Gasteiger partial charge on any atom is 0.396 e. The molecule has 0 aliphatic rings. The second kappa shape index (κ2) is 25.3. The topological polar surface area (TPSA) is 206 Å². The molecular formula is C35H52NO15P3S. The first-order chi connectivity index (χ1) is 26.1. The van der Waals surface area contributed by atoms with Crippen LogP contribution in [0, 0.1) is 0 Å². The van der Waals surface area contributed by atoms with Crippen molar-refractivity contribution in [3.8, 4) is 0 Å². The Morgan fingerprint density at radius 1 is 0.618 bits per heavy atom. The van der Waals surface area contributed by atoms with Gasteiger partial charge in [0.15, 0.2) is 17.0 Å². The molecule has 0 saturated heterocycles. The maximum absolute atomic E-state index is 12.4. The first-order valence-electron chi connectivity index (χ1n) is 17.7. The summed E-state index contributed by atoms with van der Waals surface area (Å²) in [5.74, 6) is -0.918. The van der Waals surface area contributed by atoms with Gasteiger partial charge in [0, 0.05) is 6.92 Å². The Morgan fingerprint density at radius 3 is 1.47 bits per heavy atom. The molecule has 0 unspecified atom stereocenters. The second-order valence-electron chi connectivity index (χ2n) is 10.4. The van der Waals surface area contributed by atoms with Gasteiger partial charge in [-0.25, -0.2) is 4.98 Å². The zero-order valence-electron chi connectivity index (χ0n) is 32.7. The molecule has 0 amide bonds. The number of nitrogens with zero attached hydrogens (tertiary/aromatic N) is 1. The highest BCUT2D eigenvalue weighted by molar-refractivity contribution is 7.80. The second-order valence-corrected chi connectivity index (χ2v) is 16.8. The number of furan rings is 2. The number of ketones is 2. The molecule has 0 aliphatic heterocycles. The highest BCUT2D eigenvalue weighted by Gasteiger charge is 2.33. The molecule has 3 rings (SSSR count). The van der Waals surface area contributed by atoms with Crippen molar-refractivity contribution in [2.45, 2.75) is 75.2 Å². The van der Waals surface area contributed by atoms with Crippen LogP contribution in [-0.2, 0) is 50.4 Å². The van der Waals surface area contributed by atoms with Crippen LogP contribution in [0.4, 0.5) is 0 Å². The number of esters is 1. The number of hydrogen-bond acceptors (Lipinski definition) is 17. The van der Waals surface area contributed by atoms with Crippen molar-refractivity contribution in [1.29, 1.82) is 0 Å². The third-order valence-corrected chi connectivity index (χ3v) is 12.8. The summed E-state index contributed by atoms with van der Waals surface area (Å²) in [6.45, 7) is 16.9. The summed E-state index contributed by atoms with van der Waals surface area (Å²) < 4.78 is 83.4. The lowest BCUT2D eigenvalue weighted by Crippen LogP contribution is -2.16. The van der Waals surface area contributed by atoms with Crippen LogP contribution in [0.2, 0.25) is 0 Å². The van der Waals surface area contributed by atoms with Gasteiger partial charge in [-0.1, -0.05) is 25.2 Å². The van der Waals surface area contributed by atoms with Gasteiger partial charge in [-0.15, -0.1) is 0 Å². The summed E-state index contributed by atoms with van der Waals surface area (Å²) in [7, 11) is -10.3. The molecule has 0 aromatic carbocycles. The molecule has 308 valence electrons. The van der Waals surface area contributed by atoms with Crippen LogP contribution in [0.5, 0.6) is 0 Å². The predicted octanol–water partition coefficient (Wildman–Crippen LogP) is 7.78. The Morgan fingerprint density at radius 2 is 1.05 bits per heavy atom. The molecule has 0 atom stereocenters. The average Bonchev–Trinajstić information content (AvgIpc) is 3.85. The van der Waals surface area contributed by atoms with E-state index in [0.717, 1.165) is 0 Å². The Hall–Kier alpha value is -2.94. The van der Waals surface area contributed by atoms with E-state index in [0.29, 0.717) is 30.3 Å². The van der Waals surface area contributed by atoms with Gasteiger partial charge in [0.1, 0.15) is 17.9 Å². The normalized spacial score (nSPS) is 11.5. The van der Waals surface area contributed by atoms with Crippen molar-refractivity contribution in [3.63, 3.8) is 0 Å². The molecule has 16 nitrogen and oxygen atoms in total. The Labute approximate surface area is 327 Å². The Bertz CT molecular complexity index is 1790. The summed E-state index contributed by atoms with van der Waals surface area (Å²) in [5, 5.41) is 0. The highest BCUT2D eigenvalue weighted by Crippen LogP contribution is 2.48. The van der Waals surface area contributed by atoms with Crippen molar-refractivity contribution in [2.24, 2.45) is 0 Å². The largest absolute Gasteiger partial charge is 0.466 e. The zero-order valence-corrected chi connectivity index (χ0v) is 36.2. The molecule has 3 heterocycles. The van der Waals surface area contributed by atoms with E-state index in [1.54, 1.807) is 78.8 Å². The predicted molar refractivity (Wildman–Crippen MR) is 211 cm³/mol. The van der Waals surface area contributed by atoms with Gasteiger partial charge < -0.3 is 40.7 Å². The van der Waals surface area contributed by atoms with Crippen LogP contribution < -0.4 is 16.4 Å². The fraction of sp³-hybridized carbons (Fsp3) is 0.514. The minimum atomic E-state index is -3.57. The van der Waals surface area contributed by atoms with Gasteiger partial charge in [0.2, 0.25) is 16.8 Å². The molecule has 0 bridgehead atoms. The van der Waals surface area contributed by atoms with Gasteiger partial charge in [-0.3, -0.25) is 28.1 Å². The van der Waals surface area contributed by atoms with Crippen LogP contribution in [0.25, 0.3) is 0 Å². The lowest BCUT2D eigenvalue weighted by molar-refractivity contribution is -0.142. The first kappa shape index (κ1) is 50.1. The van der Waals surface area contributed by atoms with Gasteiger partial charge in [0.05, 0.1) is 51.1 Å². The van der Waals surface area contributed by atoms with E-state index in [1.807, 2.05) is 6.92 Å². The number of thiocarbonyl (C=S) groups is 1. The first-order valence-corrected chi connectivity index (χ1v) is 22.7. The number of rotatable bonds is 22. The monoisotopic (exact) mass is 851 g/mol. The molecule has 0 N–H and O–H groups in total. The van der Waals surface area contributed by atoms with E-state index in [-0.39, 0.29) is 66.7 Å². The molecular weight excluding hydrogens is 799 g/mol. The molecule has 55 heavy (non-hydrogen) atoms. The van der Waals surface area contributed by atoms with Crippen molar-refractivity contribution < 1.29 is 68.8 Å². The summed E-state index contributed by atoms with van der Waals surface area (Å²) in [6.07, 6.45) is 0.268. The quantitative estimate of drug-likeness (QED) is 0.0311. The van der Waals surface area contributed by atoms with Crippen LogP contribution in [0.3, 0.4) is 0 Å². The standard InChI is InChI=1S/C13H19O7P.C11H16NO4P.C11H17O4PS/c1-4-17-12(15)9-10(14)11-7-8-13(20-11)21(16,18-5-2)19-6-3;1-4-15-17(14,16-5-2)11-8-6-7-10(12-11)9(3)13;1-4-10(17)9-7-8-11(15-9)16(12,13-5-2)14-6-3/h7-8H,4-6,9H2,1-3H3;6-8H,4-5H2,1-3H3;7-8H,4-6H2,1-3H3. The number of Topliss-reactive ketones (excluding diaryl/α,β-unsaturated/α-hetero) is 2. The molecule has 3 aromatic rings. The molecule has 0 aliphatic carbocycles. The van der Waals surface area contributed by atoms with Crippen LogP contribution in [-0.4, -0.2) is 73.6 Å². The van der Waals surface area contributed by atoms with E-state index in [1.165, 1.54) is 19.1 Å². The van der Waals surface area contributed by atoms with Gasteiger partial charge in [-0.05, 0) is 91.3 Å². The summed E-state index contributed by atoms with van der Waals surface area (Å²) in [4.78, 5) is 39.0. The maximum atomic E-state index is 12.4. The smallest absolute Gasteiger partial charge is 0.396 e. The lowest BCUT2D eigenvalue weighted by atomic mass is 10.2. The fourth-order valence-electron chi connectivity index (χ4n) is 4.14. The van der Waals surface area contributed by atoms with Crippen LogP contribution in [0.15, 0.2) is 51.3 Å². The van der Waals surface area contributed by atoms with Crippen LogP contribution in [0.1, 0.15) is 102 Å². The molecule has 0 fully saturated rings. The summed E-state index contributed by atoms with van der Waals surface area (Å²) in [5.41, 5.74) is 0.585. The number of carbonyl (C=O) groups excluding carboxylic acids is 3. The molecule has 0 radical (unpaired) electrons. The Balaban J connectivity index is 0.000000416. The van der Waals surface area contributed by atoms with Crippen molar-refractivity contribution in [2.75, 3.05) is 46.2 Å². The number of aromatic nitrogens is 1. The van der Waals surface area contributed by atoms with E-state index >= 15 is 0 Å². The highest BCUT2D eigenvalue weighted by atomic mass is 32.1. The summed E-state index contributed by atoms with van der Waals surface area (Å²) >= 11 is 5.12. The summed E-state index contributed by atoms with van der Waals surface area (Å²) in [6, 6.07) is 10.7. The van der Waals surface area contributed by atoms with Gasteiger partial charge >= 0.3 is 28.8 Å². The van der Waals surface area contributed by atoms with E-state index in [4.69, 9.17) is 48.2 Å². The SMILES string of the molecule is CCOC(=O)CC(=O)c1ccc(P(=O)(OCC)OCC)o1.CCOP(=O)(OCC)c1ccc(C(=S)CC)o1.CCOP(=O)(OCC)c1cccc(C(C)=O)n1. The average molecular weight is 852 g/mol. The fourth-order valence-corrected chi connectivity index (χ4v) is 8.72. The lowest BCUT2D eigenvalue weighted by Gasteiger charge is -2.16. The Kier molecular flexibility index (Phi) is 23.1. The van der Waals surface area contributed by atoms with E-state index < -0.39 is 41.0 Å². The van der Waals surface area contributed by atoms with Crippen molar-refractivity contribution in [1.82, 2.24) is 4.98 Å². The third kappa shape index (κ3) is 15.8. The zero-order chi connectivity index (χ0) is 41.7. The molecule has 0 saturated carbocycles. The molecule has 0 spiro atoms. The van der Waals surface area contributed by atoms with Crippen molar-refractivity contribution >= 4 is 73.8 Å². The molecule has 3 aromatic heterocycles.